The average molecular weight is 346 g/mol. The maximum atomic E-state index is 2.33. The molecule has 27 heavy (non-hydrogen) atoms. The van der Waals surface area contributed by atoms with E-state index in [9.17, 15) is 0 Å². The van der Waals surface area contributed by atoms with Gasteiger partial charge < -0.3 is 0 Å². The Morgan fingerprint density at radius 3 is 1.07 bits per heavy atom. The second-order valence-electron chi connectivity index (χ2n) is 7.34. The van der Waals surface area contributed by atoms with Gasteiger partial charge in [-0.3, -0.25) is 0 Å². The lowest BCUT2D eigenvalue weighted by Gasteiger charge is -2.27. The third-order valence-electron chi connectivity index (χ3n) is 5.89. The fraction of sp³-hybridized carbons (Fsp3) is 0.111. The highest BCUT2D eigenvalue weighted by atomic mass is 14.4. The fourth-order valence-electron chi connectivity index (χ4n) is 4.81. The largest absolute Gasteiger partial charge is 0.0622 e. The molecule has 4 aromatic carbocycles. The van der Waals surface area contributed by atoms with Crippen LogP contribution in [0.15, 0.2) is 115 Å². The topological polar surface area (TPSA) is 0 Å². The molecule has 0 heterocycles. The first-order valence-electron chi connectivity index (χ1n) is 9.67. The van der Waals surface area contributed by atoms with Crippen molar-refractivity contribution in [3.63, 3.8) is 0 Å². The Morgan fingerprint density at radius 1 is 0.333 bits per heavy atom. The van der Waals surface area contributed by atoms with Crippen LogP contribution in [-0.2, 0) is 0 Å². The molecule has 0 N–H and O–H groups in total. The number of rotatable bonds is 3. The first kappa shape index (κ1) is 16.1. The monoisotopic (exact) mass is 346 g/mol. The second-order valence-corrected chi connectivity index (χ2v) is 7.34. The van der Waals surface area contributed by atoms with Crippen LogP contribution in [0.4, 0.5) is 0 Å². The van der Waals surface area contributed by atoms with E-state index in [-0.39, 0.29) is 0 Å². The van der Waals surface area contributed by atoms with Gasteiger partial charge in [0.05, 0.1) is 0 Å². The highest BCUT2D eigenvalue weighted by Gasteiger charge is 2.42. The van der Waals surface area contributed by atoms with Crippen LogP contribution >= 0.6 is 0 Å². The fourth-order valence-corrected chi connectivity index (χ4v) is 4.81. The van der Waals surface area contributed by atoms with Gasteiger partial charge in [-0.2, -0.15) is 0 Å². The summed E-state index contributed by atoms with van der Waals surface area (Å²) in [6.45, 7) is 0. The summed E-state index contributed by atoms with van der Waals surface area (Å²) in [6, 6.07) is 42.1. The van der Waals surface area contributed by atoms with E-state index in [2.05, 4.69) is 115 Å². The molecule has 0 aromatic heterocycles. The van der Waals surface area contributed by atoms with Gasteiger partial charge in [0.25, 0.3) is 0 Å². The van der Waals surface area contributed by atoms with E-state index in [1.165, 1.54) is 27.8 Å². The van der Waals surface area contributed by atoms with Crippen molar-refractivity contribution in [1.29, 1.82) is 0 Å². The lowest BCUT2D eigenvalue weighted by Crippen LogP contribution is -2.13. The lowest BCUT2D eigenvalue weighted by molar-refractivity contribution is 0.596. The Balaban J connectivity index is 1.77. The predicted octanol–water partition coefficient (Wildman–Crippen LogP) is 6.75. The SMILES string of the molecule is c1ccc(C2c3ccccc3[C@H](c3ccccc3)C2c2ccccc2)cc1. The summed E-state index contributed by atoms with van der Waals surface area (Å²) < 4.78 is 0. The molecule has 5 rings (SSSR count). The molecule has 0 aliphatic heterocycles. The Bertz CT molecular complexity index is 953. The standard InChI is InChI=1S/C27H22/c1-4-12-20(13-5-1)25-23-18-10-11-19-24(23)26(21-14-6-2-7-15-21)27(25)22-16-8-3-9-17-22/h1-19,25-27H/t25-,26?,27?/m0/s1. The molecule has 130 valence electrons. The Morgan fingerprint density at radius 2 is 0.667 bits per heavy atom. The molecular formula is C27H22. The molecule has 0 heteroatoms. The van der Waals surface area contributed by atoms with E-state index in [1.807, 2.05) is 0 Å². The molecule has 3 atom stereocenters. The minimum atomic E-state index is 0.370. The van der Waals surface area contributed by atoms with Gasteiger partial charge in [0.15, 0.2) is 0 Å². The zero-order chi connectivity index (χ0) is 18.1. The van der Waals surface area contributed by atoms with Crippen LogP contribution in [0.5, 0.6) is 0 Å². The summed E-state index contributed by atoms with van der Waals surface area (Å²) in [4.78, 5) is 0. The van der Waals surface area contributed by atoms with E-state index < -0.39 is 0 Å². The van der Waals surface area contributed by atoms with Gasteiger partial charge in [0, 0.05) is 17.8 Å². The molecule has 0 radical (unpaired) electrons. The average Bonchev–Trinajstić information content (AvgIpc) is 3.11. The molecule has 2 unspecified atom stereocenters. The molecule has 0 spiro atoms. The molecule has 1 aliphatic carbocycles. The van der Waals surface area contributed by atoms with Gasteiger partial charge in [-0.15, -0.1) is 0 Å². The number of hydrogen-bond donors (Lipinski definition) is 0. The van der Waals surface area contributed by atoms with E-state index in [0.29, 0.717) is 17.8 Å². The molecule has 0 fully saturated rings. The van der Waals surface area contributed by atoms with E-state index in [0.717, 1.165) is 0 Å². The maximum absolute atomic E-state index is 2.33. The van der Waals surface area contributed by atoms with Crippen LogP contribution in [0.2, 0.25) is 0 Å². The smallest absolute Gasteiger partial charge is 0.0170 e. The van der Waals surface area contributed by atoms with Crippen LogP contribution in [0.25, 0.3) is 0 Å². The minimum Gasteiger partial charge on any atom is -0.0622 e. The van der Waals surface area contributed by atoms with E-state index >= 15 is 0 Å². The van der Waals surface area contributed by atoms with Gasteiger partial charge >= 0.3 is 0 Å². The molecule has 0 nitrogen and oxygen atoms in total. The van der Waals surface area contributed by atoms with Crippen molar-refractivity contribution in [2.45, 2.75) is 17.8 Å². The number of fused-ring (bicyclic) bond motifs is 1. The van der Waals surface area contributed by atoms with Gasteiger partial charge in [-0.1, -0.05) is 115 Å². The van der Waals surface area contributed by atoms with E-state index in [1.54, 1.807) is 0 Å². The summed E-state index contributed by atoms with van der Waals surface area (Å²) in [5.74, 6) is 1.14. The first-order chi connectivity index (χ1) is 13.4. The van der Waals surface area contributed by atoms with Gasteiger partial charge in [-0.05, 0) is 27.8 Å². The second kappa shape index (κ2) is 6.89. The summed E-state index contributed by atoms with van der Waals surface area (Å²) in [6.07, 6.45) is 0. The zero-order valence-electron chi connectivity index (χ0n) is 15.2. The Labute approximate surface area is 161 Å². The summed E-state index contributed by atoms with van der Waals surface area (Å²) in [5, 5.41) is 0. The molecule has 0 saturated carbocycles. The van der Waals surface area contributed by atoms with Crippen molar-refractivity contribution in [2.75, 3.05) is 0 Å². The first-order valence-corrected chi connectivity index (χ1v) is 9.67. The van der Waals surface area contributed by atoms with Gasteiger partial charge in [0.1, 0.15) is 0 Å². The van der Waals surface area contributed by atoms with E-state index in [4.69, 9.17) is 0 Å². The van der Waals surface area contributed by atoms with Crippen LogP contribution in [-0.4, -0.2) is 0 Å². The van der Waals surface area contributed by atoms with Crippen molar-refractivity contribution in [2.24, 2.45) is 0 Å². The van der Waals surface area contributed by atoms with Crippen molar-refractivity contribution in [3.8, 4) is 0 Å². The number of benzene rings is 4. The highest BCUT2D eigenvalue weighted by molar-refractivity contribution is 5.55. The molecule has 1 aliphatic rings. The third kappa shape index (κ3) is 2.78. The predicted molar refractivity (Wildman–Crippen MR) is 112 cm³/mol. The normalized spacial score (nSPS) is 21.0. The Hall–Kier alpha value is -3.12. The molecule has 0 bridgehead atoms. The van der Waals surface area contributed by atoms with Crippen molar-refractivity contribution in [3.05, 3.63) is 143 Å². The number of hydrogen-bond acceptors (Lipinski definition) is 0. The highest BCUT2D eigenvalue weighted by Crippen LogP contribution is 2.56. The minimum absolute atomic E-state index is 0.370. The zero-order valence-corrected chi connectivity index (χ0v) is 15.2. The molecular weight excluding hydrogens is 324 g/mol. The van der Waals surface area contributed by atoms with Crippen molar-refractivity contribution in [1.82, 2.24) is 0 Å². The van der Waals surface area contributed by atoms with Crippen molar-refractivity contribution < 1.29 is 0 Å². The van der Waals surface area contributed by atoms with Crippen molar-refractivity contribution >= 4 is 0 Å². The summed E-state index contributed by atoms with van der Waals surface area (Å²) >= 11 is 0. The summed E-state index contributed by atoms with van der Waals surface area (Å²) in [7, 11) is 0. The van der Waals surface area contributed by atoms with Crippen LogP contribution < -0.4 is 0 Å². The maximum Gasteiger partial charge on any atom is 0.0170 e. The van der Waals surface area contributed by atoms with Gasteiger partial charge in [-0.25, -0.2) is 0 Å². The molecule has 0 saturated heterocycles. The molecule has 0 amide bonds. The van der Waals surface area contributed by atoms with Crippen LogP contribution in [0.3, 0.4) is 0 Å². The van der Waals surface area contributed by atoms with Crippen LogP contribution in [0.1, 0.15) is 45.6 Å². The van der Waals surface area contributed by atoms with Crippen LogP contribution in [0, 0.1) is 0 Å². The Kier molecular flexibility index (Phi) is 4.10. The molecule has 4 aromatic rings. The third-order valence-corrected chi connectivity index (χ3v) is 5.89. The lowest BCUT2D eigenvalue weighted by atomic mass is 9.75. The van der Waals surface area contributed by atoms with Gasteiger partial charge in [0.2, 0.25) is 0 Å². The summed E-state index contributed by atoms with van der Waals surface area (Å²) in [5.41, 5.74) is 7.14. The quantitative estimate of drug-likeness (QED) is 0.385.